The average Bonchev–Trinajstić information content (AvgIpc) is 2.93. The van der Waals surface area contributed by atoms with Gasteiger partial charge < -0.3 is 10.1 Å². The molecule has 1 heterocycles. The Hall–Kier alpha value is -2.87. The monoisotopic (exact) mass is 386 g/mol. The second-order valence-corrected chi connectivity index (χ2v) is 8.38. The number of sulfonamides is 1. The number of rotatable bonds is 3. The zero-order valence-corrected chi connectivity index (χ0v) is 15.5. The Balaban J connectivity index is 1.78. The van der Waals surface area contributed by atoms with Crippen LogP contribution in [0.2, 0.25) is 0 Å². The molecule has 1 saturated heterocycles. The van der Waals surface area contributed by atoms with Crippen LogP contribution in [0.3, 0.4) is 0 Å². The highest BCUT2D eigenvalue weighted by Crippen LogP contribution is 2.41. The van der Waals surface area contributed by atoms with Crippen LogP contribution in [0, 0.1) is 0 Å². The molecule has 7 nitrogen and oxygen atoms in total. The second kappa shape index (κ2) is 6.09. The van der Waals surface area contributed by atoms with E-state index in [1.165, 1.54) is 31.4 Å². The summed E-state index contributed by atoms with van der Waals surface area (Å²) < 4.78 is 31.4. The molecule has 3 amide bonds. The number of nitrogens with one attached hydrogen (secondary N) is 1. The molecular weight excluding hydrogens is 368 g/mol. The van der Waals surface area contributed by atoms with Crippen molar-refractivity contribution < 1.29 is 22.7 Å². The van der Waals surface area contributed by atoms with Gasteiger partial charge in [-0.05, 0) is 54.7 Å². The maximum Gasteiger partial charge on any atom is 0.339 e. The number of carbonyl (C=O) groups excluding carboxylic acids is 2. The molecule has 2 aliphatic rings. The number of hydrogen-bond donors (Lipinski definition) is 1. The zero-order chi connectivity index (χ0) is 19.2. The van der Waals surface area contributed by atoms with Gasteiger partial charge in [0.05, 0.1) is 12.0 Å². The van der Waals surface area contributed by atoms with Crippen LogP contribution in [0.25, 0.3) is 0 Å². The molecule has 2 aromatic carbocycles. The van der Waals surface area contributed by atoms with Gasteiger partial charge in [0, 0.05) is 0 Å². The number of methoxy groups -OCH3 is 1. The number of imide groups is 1. The molecule has 0 bridgehead atoms. The molecule has 1 aliphatic carbocycles. The van der Waals surface area contributed by atoms with Crippen LogP contribution in [0.5, 0.6) is 5.75 Å². The summed E-state index contributed by atoms with van der Waals surface area (Å²) in [4.78, 5) is 25.7. The van der Waals surface area contributed by atoms with E-state index >= 15 is 0 Å². The van der Waals surface area contributed by atoms with E-state index in [2.05, 4.69) is 5.32 Å². The molecule has 27 heavy (non-hydrogen) atoms. The molecular formula is C19H18N2O5S. The summed E-state index contributed by atoms with van der Waals surface area (Å²) in [5.41, 5.74) is 0.286. The van der Waals surface area contributed by atoms with Gasteiger partial charge in [0.1, 0.15) is 11.3 Å². The van der Waals surface area contributed by atoms with Gasteiger partial charge in [0.25, 0.3) is 15.9 Å². The third kappa shape index (κ3) is 2.51. The number of amides is 3. The highest BCUT2D eigenvalue weighted by molar-refractivity contribution is 7.90. The summed E-state index contributed by atoms with van der Waals surface area (Å²) in [6.07, 6.45) is 1.83. The predicted molar refractivity (Wildman–Crippen MR) is 96.6 cm³/mol. The van der Waals surface area contributed by atoms with Gasteiger partial charge in [-0.25, -0.2) is 13.2 Å². The normalized spacial score (nSPS) is 21.9. The Bertz CT molecular complexity index is 1030. The van der Waals surface area contributed by atoms with Crippen LogP contribution in [0.4, 0.5) is 4.79 Å². The van der Waals surface area contributed by atoms with E-state index in [4.69, 9.17) is 4.74 Å². The Morgan fingerprint density at radius 3 is 2.48 bits per heavy atom. The third-order valence-electron chi connectivity index (χ3n) is 5.13. The van der Waals surface area contributed by atoms with Crippen molar-refractivity contribution in [3.63, 3.8) is 0 Å². The number of carbonyl (C=O) groups is 2. The quantitative estimate of drug-likeness (QED) is 0.816. The van der Waals surface area contributed by atoms with Crippen LogP contribution >= 0.6 is 0 Å². The molecule has 140 valence electrons. The average molecular weight is 386 g/mol. The number of fused-ring (bicyclic) bond motifs is 2. The number of hydrogen-bond acceptors (Lipinski definition) is 5. The first-order valence-corrected chi connectivity index (χ1v) is 9.98. The standard InChI is InChI=1S/C19H18N2O5S/c1-26-14-8-10-15(11-9-14)27(24,25)21-17(22)19(20-18(21)23)12-4-6-13-5-2-3-7-16(13)19/h2-3,5,7-11H,4,6,12H2,1H3,(H,20,23). The molecule has 1 unspecified atom stereocenters. The van der Waals surface area contributed by atoms with Gasteiger partial charge in [-0.3, -0.25) is 4.79 Å². The maximum absolute atomic E-state index is 13.2. The van der Waals surface area contributed by atoms with Gasteiger partial charge >= 0.3 is 6.03 Å². The van der Waals surface area contributed by atoms with E-state index < -0.39 is 27.5 Å². The van der Waals surface area contributed by atoms with Crippen LogP contribution in [-0.4, -0.2) is 31.8 Å². The number of aryl methyl sites for hydroxylation is 1. The van der Waals surface area contributed by atoms with E-state index in [1.54, 1.807) is 12.1 Å². The highest BCUT2D eigenvalue weighted by atomic mass is 32.2. The molecule has 2 aromatic rings. The summed E-state index contributed by atoms with van der Waals surface area (Å²) in [7, 11) is -2.86. The van der Waals surface area contributed by atoms with Crippen molar-refractivity contribution in [3.8, 4) is 5.75 Å². The van der Waals surface area contributed by atoms with Crippen LogP contribution in [0.15, 0.2) is 53.4 Å². The van der Waals surface area contributed by atoms with Crippen molar-refractivity contribution in [2.75, 3.05) is 7.11 Å². The van der Waals surface area contributed by atoms with Crippen LogP contribution < -0.4 is 10.1 Å². The molecule has 1 spiro atoms. The van der Waals surface area contributed by atoms with E-state index in [0.29, 0.717) is 28.5 Å². The van der Waals surface area contributed by atoms with Crippen molar-refractivity contribution in [3.05, 3.63) is 59.7 Å². The van der Waals surface area contributed by atoms with Gasteiger partial charge in [-0.15, -0.1) is 4.31 Å². The van der Waals surface area contributed by atoms with E-state index in [9.17, 15) is 18.0 Å². The van der Waals surface area contributed by atoms with Crippen molar-refractivity contribution >= 4 is 22.0 Å². The van der Waals surface area contributed by atoms with E-state index in [1.807, 2.05) is 12.1 Å². The third-order valence-corrected chi connectivity index (χ3v) is 6.81. The van der Waals surface area contributed by atoms with E-state index in [0.717, 1.165) is 12.0 Å². The number of urea groups is 1. The molecule has 1 N–H and O–H groups in total. The minimum absolute atomic E-state index is 0.145. The maximum atomic E-state index is 13.2. The fourth-order valence-corrected chi connectivity index (χ4v) is 5.14. The fourth-order valence-electron chi connectivity index (χ4n) is 3.81. The highest BCUT2D eigenvalue weighted by Gasteiger charge is 2.57. The first-order valence-electron chi connectivity index (χ1n) is 8.54. The lowest BCUT2D eigenvalue weighted by Gasteiger charge is -2.33. The smallest absolute Gasteiger partial charge is 0.339 e. The number of ether oxygens (including phenoxy) is 1. The number of benzene rings is 2. The van der Waals surface area contributed by atoms with E-state index in [-0.39, 0.29) is 4.90 Å². The lowest BCUT2D eigenvalue weighted by Crippen LogP contribution is -2.47. The predicted octanol–water partition coefficient (Wildman–Crippen LogP) is 2.17. The van der Waals surface area contributed by atoms with Gasteiger partial charge in [-0.1, -0.05) is 24.3 Å². The summed E-state index contributed by atoms with van der Waals surface area (Å²) in [6, 6.07) is 12.0. The Labute approximate surface area is 157 Å². The first-order chi connectivity index (χ1) is 12.9. The first kappa shape index (κ1) is 17.5. The summed E-state index contributed by atoms with van der Waals surface area (Å²) in [5, 5.41) is 2.66. The molecule has 1 aliphatic heterocycles. The fraction of sp³-hybridized carbons (Fsp3) is 0.263. The van der Waals surface area contributed by atoms with Crippen LogP contribution in [-0.2, 0) is 26.8 Å². The van der Waals surface area contributed by atoms with Gasteiger partial charge in [0.2, 0.25) is 0 Å². The molecule has 0 saturated carbocycles. The summed E-state index contributed by atoms with van der Waals surface area (Å²) >= 11 is 0. The van der Waals surface area contributed by atoms with Crippen molar-refractivity contribution in [2.24, 2.45) is 0 Å². The summed E-state index contributed by atoms with van der Waals surface area (Å²) in [6.45, 7) is 0. The van der Waals surface area contributed by atoms with Gasteiger partial charge in [0.15, 0.2) is 0 Å². The van der Waals surface area contributed by atoms with Gasteiger partial charge in [-0.2, -0.15) is 0 Å². The molecule has 1 atom stereocenters. The molecule has 0 radical (unpaired) electrons. The second-order valence-electron chi connectivity index (χ2n) is 6.60. The van der Waals surface area contributed by atoms with Crippen LogP contribution in [0.1, 0.15) is 24.0 Å². The lowest BCUT2D eigenvalue weighted by atomic mass is 9.76. The Kier molecular flexibility index (Phi) is 3.96. The number of nitrogens with zero attached hydrogens (tertiary/aromatic N) is 1. The lowest BCUT2D eigenvalue weighted by molar-refractivity contribution is -0.128. The minimum atomic E-state index is -4.32. The molecule has 8 heteroatoms. The largest absolute Gasteiger partial charge is 0.497 e. The van der Waals surface area contributed by atoms with Crippen molar-refractivity contribution in [1.82, 2.24) is 9.62 Å². The van der Waals surface area contributed by atoms with Crippen molar-refractivity contribution in [1.29, 1.82) is 0 Å². The Morgan fingerprint density at radius 1 is 1.07 bits per heavy atom. The topological polar surface area (TPSA) is 92.8 Å². The molecule has 1 fully saturated rings. The Morgan fingerprint density at radius 2 is 1.78 bits per heavy atom. The minimum Gasteiger partial charge on any atom is -0.497 e. The van der Waals surface area contributed by atoms with Crippen molar-refractivity contribution in [2.45, 2.75) is 29.7 Å². The zero-order valence-electron chi connectivity index (χ0n) is 14.6. The molecule has 4 rings (SSSR count). The molecule has 0 aromatic heterocycles. The SMILES string of the molecule is COc1ccc(S(=O)(=O)N2C(=O)NC3(CCCc4ccccc43)C2=O)cc1. The summed E-state index contributed by atoms with van der Waals surface area (Å²) in [5.74, 6) is -0.278.